The standard InChI is InChI=1S/C19H28N2O3.ClH/c1-24-19(23)10-8-17(16-5-3-2-4-6-16)21-18(22)9-7-15-11-13-20-14-12-15;/h2-6,15,17,20H,7-14H2,1H3,(H,21,22);1H. The number of halogens is 1. The molecule has 1 aromatic rings. The lowest BCUT2D eigenvalue weighted by Gasteiger charge is -2.23. The largest absolute Gasteiger partial charge is 0.469 e. The van der Waals surface area contributed by atoms with Crippen LogP contribution in [0.4, 0.5) is 0 Å². The molecule has 25 heavy (non-hydrogen) atoms. The van der Waals surface area contributed by atoms with Crippen LogP contribution in [0, 0.1) is 5.92 Å². The van der Waals surface area contributed by atoms with Gasteiger partial charge in [-0.3, -0.25) is 9.59 Å². The Morgan fingerprint density at radius 1 is 1.20 bits per heavy atom. The number of esters is 1. The first-order chi connectivity index (χ1) is 11.7. The molecule has 0 aromatic heterocycles. The van der Waals surface area contributed by atoms with Crippen molar-refractivity contribution in [1.29, 1.82) is 0 Å². The fourth-order valence-electron chi connectivity index (χ4n) is 3.14. The van der Waals surface area contributed by atoms with Crippen molar-refractivity contribution in [1.82, 2.24) is 10.6 Å². The molecule has 2 rings (SSSR count). The van der Waals surface area contributed by atoms with Crippen LogP contribution in [0.1, 0.15) is 50.1 Å². The minimum Gasteiger partial charge on any atom is -0.469 e. The van der Waals surface area contributed by atoms with E-state index in [-0.39, 0.29) is 30.3 Å². The lowest BCUT2D eigenvalue weighted by atomic mass is 9.93. The Balaban J connectivity index is 0.00000312. The van der Waals surface area contributed by atoms with Crippen LogP contribution in [0.25, 0.3) is 0 Å². The van der Waals surface area contributed by atoms with E-state index in [1.807, 2.05) is 30.3 Å². The summed E-state index contributed by atoms with van der Waals surface area (Å²) in [5.74, 6) is 0.453. The van der Waals surface area contributed by atoms with Gasteiger partial charge in [-0.05, 0) is 50.3 Å². The molecular weight excluding hydrogens is 340 g/mol. The van der Waals surface area contributed by atoms with Crippen LogP contribution >= 0.6 is 12.4 Å². The van der Waals surface area contributed by atoms with E-state index >= 15 is 0 Å². The molecular formula is C19H29ClN2O3. The highest BCUT2D eigenvalue weighted by atomic mass is 35.5. The molecule has 0 saturated carbocycles. The fraction of sp³-hybridized carbons (Fsp3) is 0.579. The highest BCUT2D eigenvalue weighted by Gasteiger charge is 2.18. The second-order valence-electron chi connectivity index (χ2n) is 6.38. The molecule has 140 valence electrons. The predicted molar refractivity (Wildman–Crippen MR) is 101 cm³/mol. The third-order valence-electron chi connectivity index (χ3n) is 4.64. The molecule has 1 aliphatic heterocycles. The maximum atomic E-state index is 12.3. The van der Waals surface area contributed by atoms with Gasteiger partial charge in [-0.2, -0.15) is 0 Å². The highest BCUT2D eigenvalue weighted by Crippen LogP contribution is 2.21. The van der Waals surface area contributed by atoms with E-state index in [0.717, 1.165) is 37.9 Å². The van der Waals surface area contributed by atoms with Crippen molar-refractivity contribution in [3.8, 4) is 0 Å². The van der Waals surface area contributed by atoms with Crippen molar-refractivity contribution in [2.75, 3.05) is 20.2 Å². The van der Waals surface area contributed by atoms with E-state index in [0.29, 0.717) is 25.2 Å². The summed E-state index contributed by atoms with van der Waals surface area (Å²) < 4.78 is 4.71. The van der Waals surface area contributed by atoms with Crippen molar-refractivity contribution < 1.29 is 14.3 Å². The molecule has 1 amide bonds. The maximum absolute atomic E-state index is 12.3. The van der Waals surface area contributed by atoms with Gasteiger partial charge in [-0.15, -0.1) is 12.4 Å². The summed E-state index contributed by atoms with van der Waals surface area (Å²) in [6, 6.07) is 9.65. The Morgan fingerprint density at radius 2 is 1.88 bits per heavy atom. The van der Waals surface area contributed by atoms with Crippen molar-refractivity contribution in [3.63, 3.8) is 0 Å². The number of carbonyl (C=O) groups is 2. The van der Waals surface area contributed by atoms with E-state index in [4.69, 9.17) is 4.74 Å². The van der Waals surface area contributed by atoms with E-state index in [2.05, 4.69) is 10.6 Å². The summed E-state index contributed by atoms with van der Waals surface area (Å²) in [6.07, 6.45) is 4.63. The summed E-state index contributed by atoms with van der Waals surface area (Å²) in [6.45, 7) is 2.11. The lowest BCUT2D eigenvalue weighted by molar-refractivity contribution is -0.141. The van der Waals surface area contributed by atoms with E-state index in [9.17, 15) is 9.59 Å². The molecule has 0 bridgehead atoms. The summed E-state index contributed by atoms with van der Waals surface area (Å²) in [5, 5.41) is 6.43. The van der Waals surface area contributed by atoms with Gasteiger partial charge >= 0.3 is 5.97 Å². The Morgan fingerprint density at radius 3 is 2.52 bits per heavy atom. The Hall–Kier alpha value is -1.59. The first-order valence-electron chi connectivity index (χ1n) is 8.81. The molecule has 1 unspecified atom stereocenters. The number of methoxy groups -OCH3 is 1. The number of amides is 1. The number of ether oxygens (including phenoxy) is 1. The van der Waals surface area contributed by atoms with Crippen LogP contribution < -0.4 is 10.6 Å². The van der Waals surface area contributed by atoms with E-state index in [1.54, 1.807) is 0 Å². The molecule has 1 aliphatic rings. The van der Waals surface area contributed by atoms with Gasteiger partial charge in [0.1, 0.15) is 0 Å². The van der Waals surface area contributed by atoms with E-state index < -0.39 is 0 Å². The average Bonchev–Trinajstić information content (AvgIpc) is 2.64. The number of hydrogen-bond donors (Lipinski definition) is 2. The molecule has 1 saturated heterocycles. The molecule has 2 N–H and O–H groups in total. The van der Waals surface area contributed by atoms with Crippen LogP contribution in [0.5, 0.6) is 0 Å². The van der Waals surface area contributed by atoms with Crippen LogP contribution in [0.2, 0.25) is 0 Å². The Kier molecular flexibility index (Phi) is 10.2. The predicted octanol–water partition coefficient (Wildman–Crippen LogP) is 3.00. The zero-order valence-electron chi connectivity index (χ0n) is 14.8. The Labute approximate surface area is 156 Å². The SMILES string of the molecule is COC(=O)CCC(NC(=O)CCC1CCNCC1)c1ccccc1.Cl. The average molecular weight is 369 g/mol. The minimum absolute atomic E-state index is 0. The van der Waals surface area contributed by atoms with Crippen LogP contribution in [0.15, 0.2) is 30.3 Å². The first kappa shape index (κ1) is 21.5. The number of nitrogens with one attached hydrogen (secondary N) is 2. The second-order valence-corrected chi connectivity index (χ2v) is 6.38. The van der Waals surface area contributed by atoms with Gasteiger partial charge in [0, 0.05) is 12.8 Å². The van der Waals surface area contributed by atoms with Gasteiger partial charge in [0.05, 0.1) is 13.2 Å². The third kappa shape index (κ3) is 7.88. The zero-order valence-corrected chi connectivity index (χ0v) is 15.6. The van der Waals surface area contributed by atoms with Crippen molar-refractivity contribution in [3.05, 3.63) is 35.9 Å². The topological polar surface area (TPSA) is 67.4 Å². The highest BCUT2D eigenvalue weighted by molar-refractivity contribution is 5.85. The van der Waals surface area contributed by atoms with Crippen LogP contribution in [0.3, 0.4) is 0 Å². The van der Waals surface area contributed by atoms with Crippen LogP contribution in [-0.2, 0) is 14.3 Å². The van der Waals surface area contributed by atoms with Gasteiger partial charge in [0.2, 0.25) is 5.91 Å². The third-order valence-corrected chi connectivity index (χ3v) is 4.64. The van der Waals surface area contributed by atoms with Crippen molar-refractivity contribution in [2.24, 2.45) is 5.92 Å². The molecule has 6 heteroatoms. The normalized spacial score (nSPS) is 15.7. The quantitative estimate of drug-likeness (QED) is 0.692. The molecule has 0 spiro atoms. The summed E-state index contributed by atoms with van der Waals surface area (Å²) in [5.41, 5.74) is 1.02. The zero-order chi connectivity index (χ0) is 17.2. The number of piperidine rings is 1. The molecule has 1 aromatic carbocycles. The van der Waals surface area contributed by atoms with Gasteiger partial charge in [0.25, 0.3) is 0 Å². The lowest BCUT2D eigenvalue weighted by Crippen LogP contribution is -2.31. The Bertz CT molecular complexity index is 519. The first-order valence-corrected chi connectivity index (χ1v) is 8.81. The van der Waals surface area contributed by atoms with Crippen molar-refractivity contribution in [2.45, 2.75) is 44.6 Å². The van der Waals surface area contributed by atoms with Gasteiger partial charge < -0.3 is 15.4 Å². The molecule has 5 nitrogen and oxygen atoms in total. The number of benzene rings is 1. The van der Waals surface area contributed by atoms with Gasteiger partial charge in [-0.25, -0.2) is 0 Å². The fourth-order valence-corrected chi connectivity index (χ4v) is 3.14. The number of hydrogen-bond acceptors (Lipinski definition) is 4. The molecule has 0 aliphatic carbocycles. The number of carbonyl (C=O) groups excluding carboxylic acids is 2. The van der Waals surface area contributed by atoms with E-state index in [1.165, 1.54) is 7.11 Å². The smallest absolute Gasteiger partial charge is 0.305 e. The summed E-state index contributed by atoms with van der Waals surface area (Å²) in [7, 11) is 1.39. The van der Waals surface area contributed by atoms with Gasteiger partial charge in [0.15, 0.2) is 0 Å². The molecule has 1 fully saturated rings. The van der Waals surface area contributed by atoms with Crippen LogP contribution in [-0.4, -0.2) is 32.1 Å². The molecule has 1 heterocycles. The maximum Gasteiger partial charge on any atom is 0.305 e. The van der Waals surface area contributed by atoms with Crippen molar-refractivity contribution >= 4 is 24.3 Å². The second kappa shape index (κ2) is 11.9. The summed E-state index contributed by atoms with van der Waals surface area (Å²) in [4.78, 5) is 23.8. The monoisotopic (exact) mass is 368 g/mol. The minimum atomic E-state index is -0.250. The molecule has 1 atom stereocenters. The molecule has 0 radical (unpaired) electrons. The summed E-state index contributed by atoms with van der Waals surface area (Å²) >= 11 is 0. The number of rotatable bonds is 8. The van der Waals surface area contributed by atoms with Gasteiger partial charge in [-0.1, -0.05) is 30.3 Å².